The van der Waals surface area contributed by atoms with Crippen LogP contribution in [-0.4, -0.2) is 20.0 Å². The fourth-order valence-corrected chi connectivity index (χ4v) is 2.41. The summed E-state index contributed by atoms with van der Waals surface area (Å²) in [7, 11) is 3.70. The number of hydrogen-bond acceptors (Lipinski definition) is 3. The first-order chi connectivity index (χ1) is 10.3. The number of nitrogens with two attached hydrogens (primary N) is 1. The van der Waals surface area contributed by atoms with E-state index in [1.165, 1.54) is 6.07 Å². The third-order valence-electron chi connectivity index (χ3n) is 3.03. The molecule has 0 saturated carbocycles. The van der Waals surface area contributed by atoms with Crippen LogP contribution < -0.4 is 16.0 Å². The van der Waals surface area contributed by atoms with Gasteiger partial charge in [0.15, 0.2) is 0 Å². The Bertz CT molecular complexity index is 732. The maximum atomic E-state index is 12.3. The Balaban J connectivity index is 2.31. The largest absolute Gasteiger partial charge is 0.397 e. The highest BCUT2D eigenvalue weighted by molar-refractivity contribution is 6.42. The Morgan fingerprint density at radius 2 is 1.73 bits per heavy atom. The van der Waals surface area contributed by atoms with E-state index in [0.29, 0.717) is 32.0 Å². The van der Waals surface area contributed by atoms with Gasteiger partial charge in [-0.15, -0.1) is 0 Å². The summed E-state index contributed by atoms with van der Waals surface area (Å²) in [6, 6.07) is 7.96. The molecular formula is C15H14Cl3N3O. The number of halogens is 3. The molecule has 0 radical (unpaired) electrons. The molecular weight excluding hydrogens is 345 g/mol. The highest BCUT2D eigenvalue weighted by atomic mass is 35.5. The van der Waals surface area contributed by atoms with Crippen molar-refractivity contribution in [2.24, 2.45) is 0 Å². The first-order valence-electron chi connectivity index (χ1n) is 6.32. The van der Waals surface area contributed by atoms with Crippen LogP contribution in [0.2, 0.25) is 15.1 Å². The number of rotatable bonds is 3. The number of nitrogens with zero attached hydrogens (tertiary/aromatic N) is 1. The second-order valence-electron chi connectivity index (χ2n) is 4.87. The molecule has 1 amide bonds. The summed E-state index contributed by atoms with van der Waals surface area (Å²) in [5.74, 6) is -0.338. The Morgan fingerprint density at radius 3 is 2.32 bits per heavy atom. The predicted octanol–water partition coefficient (Wildman–Crippen LogP) is 4.55. The molecule has 7 heteroatoms. The summed E-state index contributed by atoms with van der Waals surface area (Å²) in [6.45, 7) is 0. The fraction of sp³-hybridized carbons (Fsp3) is 0.133. The molecule has 0 unspecified atom stereocenters. The highest BCUT2D eigenvalue weighted by Gasteiger charge is 2.13. The standard InChI is InChI=1S/C15H14Cl3N3O/c1-21(2)14-7-13(11(18)6-12(14)19)20-15(22)8-3-4-9(16)10(17)5-8/h3-7H,19H2,1-2H3,(H,20,22). The van der Waals surface area contributed by atoms with Gasteiger partial charge in [0.1, 0.15) is 0 Å². The average Bonchev–Trinajstić information content (AvgIpc) is 2.44. The molecule has 0 saturated heterocycles. The third-order valence-corrected chi connectivity index (χ3v) is 4.08. The first kappa shape index (κ1) is 16.7. The lowest BCUT2D eigenvalue weighted by molar-refractivity contribution is 0.102. The van der Waals surface area contributed by atoms with Crippen LogP contribution in [0.1, 0.15) is 10.4 Å². The number of nitrogens with one attached hydrogen (secondary N) is 1. The van der Waals surface area contributed by atoms with Crippen LogP contribution in [0.25, 0.3) is 0 Å². The lowest BCUT2D eigenvalue weighted by atomic mass is 10.2. The van der Waals surface area contributed by atoms with E-state index in [-0.39, 0.29) is 5.91 Å². The van der Waals surface area contributed by atoms with Crippen molar-refractivity contribution in [1.29, 1.82) is 0 Å². The van der Waals surface area contributed by atoms with Crippen molar-refractivity contribution in [3.05, 3.63) is 51.0 Å². The van der Waals surface area contributed by atoms with E-state index in [4.69, 9.17) is 40.5 Å². The molecule has 0 spiro atoms. The molecule has 0 heterocycles. The monoisotopic (exact) mass is 357 g/mol. The number of carbonyl (C=O) groups is 1. The Kier molecular flexibility index (Phi) is 5.06. The predicted molar refractivity (Wildman–Crippen MR) is 94.6 cm³/mol. The molecule has 0 atom stereocenters. The van der Waals surface area contributed by atoms with Gasteiger partial charge in [-0.1, -0.05) is 34.8 Å². The molecule has 2 aromatic carbocycles. The quantitative estimate of drug-likeness (QED) is 0.792. The van der Waals surface area contributed by atoms with Crippen molar-refractivity contribution in [2.45, 2.75) is 0 Å². The van der Waals surface area contributed by atoms with Gasteiger partial charge in [0, 0.05) is 19.7 Å². The molecule has 0 bridgehead atoms. The minimum absolute atomic E-state index is 0.312. The van der Waals surface area contributed by atoms with Crippen molar-refractivity contribution >= 4 is 57.8 Å². The summed E-state index contributed by atoms with van der Waals surface area (Å²) >= 11 is 17.9. The zero-order valence-electron chi connectivity index (χ0n) is 12.0. The van der Waals surface area contributed by atoms with Gasteiger partial charge in [-0.3, -0.25) is 4.79 Å². The smallest absolute Gasteiger partial charge is 0.255 e. The molecule has 0 fully saturated rings. The highest BCUT2D eigenvalue weighted by Crippen LogP contribution is 2.33. The van der Waals surface area contributed by atoms with Crippen molar-refractivity contribution < 1.29 is 4.79 Å². The van der Waals surface area contributed by atoms with Gasteiger partial charge < -0.3 is 16.0 Å². The van der Waals surface area contributed by atoms with E-state index in [0.717, 1.165) is 5.69 Å². The second kappa shape index (κ2) is 6.65. The Hall–Kier alpha value is -1.62. The number of hydrogen-bond donors (Lipinski definition) is 2. The summed E-state index contributed by atoms with van der Waals surface area (Å²) in [5.41, 5.74) is 8.04. The molecule has 22 heavy (non-hydrogen) atoms. The van der Waals surface area contributed by atoms with Crippen LogP contribution in [0, 0.1) is 0 Å². The van der Waals surface area contributed by atoms with E-state index >= 15 is 0 Å². The van der Waals surface area contributed by atoms with Gasteiger partial charge >= 0.3 is 0 Å². The average molecular weight is 359 g/mol. The van der Waals surface area contributed by atoms with Crippen LogP contribution in [-0.2, 0) is 0 Å². The molecule has 4 nitrogen and oxygen atoms in total. The first-order valence-corrected chi connectivity index (χ1v) is 7.45. The molecule has 2 aromatic rings. The zero-order chi connectivity index (χ0) is 16.4. The van der Waals surface area contributed by atoms with E-state index < -0.39 is 0 Å². The van der Waals surface area contributed by atoms with Crippen molar-refractivity contribution in [3.63, 3.8) is 0 Å². The molecule has 0 aliphatic carbocycles. The Labute approximate surface area is 143 Å². The lowest BCUT2D eigenvalue weighted by Crippen LogP contribution is -2.15. The molecule has 0 aliphatic rings. The minimum Gasteiger partial charge on any atom is -0.397 e. The fourth-order valence-electron chi connectivity index (χ4n) is 1.89. The second-order valence-corrected chi connectivity index (χ2v) is 6.09. The summed E-state index contributed by atoms with van der Waals surface area (Å²) < 4.78 is 0. The number of benzene rings is 2. The van der Waals surface area contributed by atoms with Gasteiger partial charge in [-0.2, -0.15) is 0 Å². The molecule has 3 N–H and O–H groups in total. The minimum atomic E-state index is -0.338. The van der Waals surface area contributed by atoms with Crippen LogP contribution in [0.4, 0.5) is 17.1 Å². The van der Waals surface area contributed by atoms with E-state index in [2.05, 4.69) is 5.32 Å². The van der Waals surface area contributed by atoms with Gasteiger partial charge in [0.25, 0.3) is 5.91 Å². The van der Waals surface area contributed by atoms with Crippen LogP contribution in [0.5, 0.6) is 0 Å². The van der Waals surface area contributed by atoms with Crippen molar-refractivity contribution in [3.8, 4) is 0 Å². The maximum Gasteiger partial charge on any atom is 0.255 e. The Morgan fingerprint density at radius 1 is 1.05 bits per heavy atom. The molecule has 2 rings (SSSR count). The van der Waals surface area contributed by atoms with E-state index in [1.54, 1.807) is 24.3 Å². The van der Waals surface area contributed by atoms with Gasteiger partial charge in [-0.25, -0.2) is 0 Å². The van der Waals surface area contributed by atoms with Crippen LogP contribution >= 0.6 is 34.8 Å². The van der Waals surface area contributed by atoms with Crippen molar-refractivity contribution in [1.82, 2.24) is 0 Å². The number of nitrogen functional groups attached to an aromatic ring is 1. The van der Waals surface area contributed by atoms with E-state index in [1.807, 2.05) is 19.0 Å². The number of amides is 1. The lowest BCUT2D eigenvalue weighted by Gasteiger charge is -2.18. The van der Waals surface area contributed by atoms with Gasteiger partial charge in [-0.05, 0) is 30.3 Å². The van der Waals surface area contributed by atoms with Crippen LogP contribution in [0.15, 0.2) is 30.3 Å². The summed E-state index contributed by atoms with van der Waals surface area (Å²) in [4.78, 5) is 14.1. The maximum absolute atomic E-state index is 12.3. The summed E-state index contributed by atoms with van der Waals surface area (Å²) in [6.07, 6.45) is 0. The molecule has 0 aliphatic heterocycles. The number of anilines is 3. The zero-order valence-corrected chi connectivity index (χ0v) is 14.2. The third kappa shape index (κ3) is 3.58. The van der Waals surface area contributed by atoms with Crippen LogP contribution in [0.3, 0.4) is 0 Å². The molecule has 0 aromatic heterocycles. The normalized spacial score (nSPS) is 10.4. The van der Waals surface area contributed by atoms with Gasteiger partial charge in [0.2, 0.25) is 0 Å². The number of carbonyl (C=O) groups excluding carboxylic acids is 1. The topological polar surface area (TPSA) is 58.4 Å². The SMILES string of the molecule is CN(C)c1cc(NC(=O)c2ccc(Cl)c(Cl)c2)c(Cl)cc1N. The van der Waals surface area contributed by atoms with Gasteiger partial charge in [0.05, 0.1) is 32.1 Å². The molecule has 116 valence electrons. The van der Waals surface area contributed by atoms with E-state index in [9.17, 15) is 4.79 Å². The summed E-state index contributed by atoms with van der Waals surface area (Å²) in [5, 5.41) is 3.80. The van der Waals surface area contributed by atoms with Crippen molar-refractivity contribution in [2.75, 3.05) is 30.0 Å².